The largest absolute Gasteiger partial charge is 0.507 e. The summed E-state index contributed by atoms with van der Waals surface area (Å²) in [6, 6.07) is 18.5. The molecule has 10 nitrogen and oxygen atoms in total. The molecule has 0 fully saturated rings. The number of aromatic carboxylic acids is 1. The quantitative estimate of drug-likeness (QED) is 0.250. The third kappa shape index (κ3) is 9.58. The third-order valence-corrected chi connectivity index (χ3v) is 6.14. The van der Waals surface area contributed by atoms with E-state index < -0.39 is 16.0 Å². The summed E-state index contributed by atoms with van der Waals surface area (Å²) in [6.45, 7) is 5.66. The number of carbonyl (C=O) groups is 1. The van der Waals surface area contributed by atoms with Gasteiger partial charge in [-0.05, 0) is 62.2 Å². The zero-order valence-electron chi connectivity index (χ0n) is 21.6. The molecule has 0 saturated heterocycles. The van der Waals surface area contributed by atoms with Gasteiger partial charge >= 0.3 is 5.97 Å². The lowest BCUT2D eigenvalue weighted by Crippen LogP contribution is -2.32. The van der Waals surface area contributed by atoms with E-state index in [0.717, 1.165) is 11.3 Å². The van der Waals surface area contributed by atoms with Gasteiger partial charge in [-0.2, -0.15) is 0 Å². The van der Waals surface area contributed by atoms with E-state index in [9.17, 15) is 13.2 Å². The van der Waals surface area contributed by atoms with Crippen LogP contribution in [-0.4, -0.2) is 57.5 Å². The summed E-state index contributed by atoms with van der Waals surface area (Å²) >= 11 is 0. The first-order valence-electron chi connectivity index (χ1n) is 11.9. The Hall–Kier alpha value is -3.80. The van der Waals surface area contributed by atoms with Crippen molar-refractivity contribution in [1.82, 2.24) is 5.32 Å². The third-order valence-electron chi connectivity index (χ3n) is 5.21. The number of primary sulfonamides is 1. The van der Waals surface area contributed by atoms with Crippen LogP contribution >= 0.6 is 0 Å². The maximum atomic E-state index is 11.7. The van der Waals surface area contributed by atoms with Gasteiger partial charge in [0.25, 0.3) is 0 Å². The van der Waals surface area contributed by atoms with Crippen molar-refractivity contribution in [3.8, 4) is 23.0 Å². The maximum absolute atomic E-state index is 11.7. The topological polar surface area (TPSA) is 157 Å². The molecular weight excluding hydrogens is 512 g/mol. The van der Waals surface area contributed by atoms with E-state index in [2.05, 4.69) is 5.32 Å². The average Bonchev–Trinajstić information content (AvgIpc) is 2.87. The van der Waals surface area contributed by atoms with Crippen LogP contribution in [0.3, 0.4) is 0 Å². The highest BCUT2D eigenvalue weighted by Crippen LogP contribution is 2.26. The van der Waals surface area contributed by atoms with Crippen LogP contribution in [0.5, 0.6) is 23.0 Å². The minimum atomic E-state index is -3.84. The number of para-hydroxylation sites is 3. The van der Waals surface area contributed by atoms with E-state index in [1.54, 1.807) is 24.3 Å². The molecule has 3 aromatic rings. The van der Waals surface area contributed by atoms with Gasteiger partial charge in [-0.15, -0.1) is 0 Å². The van der Waals surface area contributed by atoms with E-state index in [1.807, 2.05) is 44.2 Å². The van der Waals surface area contributed by atoms with E-state index in [0.29, 0.717) is 31.9 Å². The Morgan fingerprint density at radius 3 is 2.18 bits per heavy atom. The SMILES string of the molecule is CCOc1ccccc1OCCN[C@H](C)Cc1ccc(OC)c(S(N)(=O)=O)c1.O=C(O)c1ccccc1O. The molecule has 206 valence electrons. The predicted molar refractivity (Wildman–Crippen MR) is 144 cm³/mol. The summed E-state index contributed by atoms with van der Waals surface area (Å²) in [4.78, 5) is 10.3. The van der Waals surface area contributed by atoms with Gasteiger partial charge in [0.2, 0.25) is 10.0 Å². The lowest BCUT2D eigenvalue weighted by atomic mass is 10.1. The summed E-state index contributed by atoms with van der Waals surface area (Å²) in [5.41, 5.74) is 0.787. The molecule has 0 amide bonds. The second kappa shape index (κ2) is 14.8. The molecule has 0 aliphatic heterocycles. The van der Waals surface area contributed by atoms with Crippen LogP contribution in [0.2, 0.25) is 0 Å². The highest BCUT2D eigenvalue weighted by atomic mass is 32.2. The van der Waals surface area contributed by atoms with Gasteiger partial charge in [0, 0.05) is 12.6 Å². The summed E-state index contributed by atoms with van der Waals surface area (Å²) in [5.74, 6) is 0.375. The number of aromatic hydroxyl groups is 1. The molecule has 0 saturated carbocycles. The van der Waals surface area contributed by atoms with Gasteiger partial charge in [-0.3, -0.25) is 0 Å². The second-order valence-electron chi connectivity index (χ2n) is 8.14. The van der Waals surface area contributed by atoms with E-state index in [-0.39, 0.29) is 28.0 Å². The van der Waals surface area contributed by atoms with Crippen molar-refractivity contribution in [2.24, 2.45) is 5.14 Å². The van der Waals surface area contributed by atoms with E-state index >= 15 is 0 Å². The van der Waals surface area contributed by atoms with Crippen molar-refractivity contribution in [2.75, 3.05) is 26.9 Å². The fourth-order valence-corrected chi connectivity index (χ4v) is 4.21. The first-order valence-corrected chi connectivity index (χ1v) is 13.4. The Morgan fingerprint density at radius 1 is 1.00 bits per heavy atom. The van der Waals surface area contributed by atoms with Crippen LogP contribution in [0.4, 0.5) is 0 Å². The number of rotatable bonds is 12. The van der Waals surface area contributed by atoms with Gasteiger partial charge in [0.05, 0.1) is 13.7 Å². The van der Waals surface area contributed by atoms with Gasteiger partial charge in [0.1, 0.15) is 28.6 Å². The number of sulfonamides is 1. The normalized spacial score (nSPS) is 11.6. The van der Waals surface area contributed by atoms with Crippen molar-refractivity contribution in [1.29, 1.82) is 0 Å². The van der Waals surface area contributed by atoms with E-state index in [1.165, 1.54) is 19.2 Å². The highest BCUT2D eigenvalue weighted by molar-refractivity contribution is 7.89. The fraction of sp³-hybridized carbons (Fsp3) is 0.296. The number of hydrogen-bond donors (Lipinski definition) is 4. The van der Waals surface area contributed by atoms with Crippen molar-refractivity contribution in [3.63, 3.8) is 0 Å². The lowest BCUT2D eigenvalue weighted by Gasteiger charge is -2.16. The Bertz CT molecular complexity index is 1300. The average molecular weight is 547 g/mol. The second-order valence-corrected chi connectivity index (χ2v) is 9.67. The minimum Gasteiger partial charge on any atom is -0.507 e. The number of ether oxygens (including phenoxy) is 3. The number of hydrogen-bond acceptors (Lipinski definition) is 8. The molecule has 0 heterocycles. The first kappa shape index (κ1) is 30.4. The van der Waals surface area contributed by atoms with Crippen LogP contribution < -0.4 is 24.7 Å². The highest BCUT2D eigenvalue weighted by Gasteiger charge is 2.16. The van der Waals surface area contributed by atoms with Crippen LogP contribution in [0, 0.1) is 0 Å². The van der Waals surface area contributed by atoms with Gasteiger partial charge in [-0.25, -0.2) is 18.4 Å². The summed E-state index contributed by atoms with van der Waals surface area (Å²) in [7, 11) is -2.43. The number of nitrogens with two attached hydrogens (primary N) is 1. The molecule has 0 aliphatic carbocycles. The molecule has 38 heavy (non-hydrogen) atoms. The maximum Gasteiger partial charge on any atom is 0.339 e. The Morgan fingerprint density at radius 2 is 1.63 bits per heavy atom. The molecule has 3 aromatic carbocycles. The standard InChI is InChI=1S/C20H28N2O5S.C7H6O3/c1-4-26-17-7-5-6-8-18(17)27-12-11-22-15(2)13-16-9-10-19(25-3)20(14-16)28(21,23)24;8-6-4-2-1-3-5(6)7(9)10/h5-10,14-15,22H,4,11-13H2,1-3H3,(H2,21,23,24);1-4,8H,(H,9,10)/t15-;/m1./s1. The summed E-state index contributed by atoms with van der Waals surface area (Å²) < 4.78 is 39.9. The number of nitrogens with one attached hydrogen (secondary N) is 1. The molecule has 0 radical (unpaired) electrons. The molecule has 5 N–H and O–H groups in total. The van der Waals surface area contributed by atoms with E-state index in [4.69, 9.17) is 29.6 Å². The lowest BCUT2D eigenvalue weighted by molar-refractivity contribution is 0.0693. The molecule has 0 spiro atoms. The minimum absolute atomic E-state index is 0.00411. The number of carboxylic acid groups (broad SMARTS) is 1. The number of methoxy groups -OCH3 is 1. The molecule has 0 aromatic heterocycles. The Kier molecular flexibility index (Phi) is 11.9. The van der Waals surface area contributed by atoms with Crippen LogP contribution in [0.1, 0.15) is 29.8 Å². The van der Waals surface area contributed by atoms with Crippen molar-refractivity contribution >= 4 is 16.0 Å². The molecule has 3 rings (SSSR count). The number of benzene rings is 3. The van der Waals surface area contributed by atoms with Crippen molar-refractivity contribution in [2.45, 2.75) is 31.2 Å². The molecule has 11 heteroatoms. The van der Waals surface area contributed by atoms with Crippen molar-refractivity contribution < 1.29 is 37.6 Å². The molecule has 1 atom stereocenters. The van der Waals surface area contributed by atoms with Crippen LogP contribution in [-0.2, 0) is 16.4 Å². The Labute approximate surface area is 223 Å². The van der Waals surface area contributed by atoms with Gasteiger partial charge in [0.15, 0.2) is 11.5 Å². The van der Waals surface area contributed by atoms with Crippen LogP contribution in [0.25, 0.3) is 0 Å². The fourth-order valence-electron chi connectivity index (χ4n) is 3.46. The molecule has 0 bridgehead atoms. The Balaban J connectivity index is 0.000000423. The van der Waals surface area contributed by atoms with Gasteiger partial charge < -0.3 is 29.7 Å². The smallest absolute Gasteiger partial charge is 0.339 e. The zero-order chi connectivity index (χ0) is 28.1. The van der Waals surface area contributed by atoms with Crippen LogP contribution in [0.15, 0.2) is 71.6 Å². The monoisotopic (exact) mass is 546 g/mol. The first-order chi connectivity index (χ1) is 18.1. The number of phenols is 1. The summed E-state index contributed by atoms with van der Waals surface area (Å²) in [5, 5.41) is 25.9. The predicted octanol–water partition coefficient (Wildman–Crippen LogP) is 3.43. The summed E-state index contributed by atoms with van der Waals surface area (Å²) in [6.07, 6.45) is 0.641. The zero-order valence-corrected chi connectivity index (χ0v) is 22.4. The molecule has 0 unspecified atom stereocenters. The van der Waals surface area contributed by atoms with Crippen molar-refractivity contribution in [3.05, 3.63) is 77.9 Å². The molecule has 0 aliphatic rings. The molecular formula is C27H34N2O8S. The number of carboxylic acids is 1. The van der Waals surface area contributed by atoms with Gasteiger partial charge in [-0.1, -0.05) is 30.3 Å².